The molecule has 5 heteroatoms. The molecule has 0 heterocycles. The molecule has 4 nitrogen and oxygen atoms in total. The Balaban J connectivity index is 2.23. The molecule has 0 radical (unpaired) electrons. The normalized spacial score (nSPS) is 12.1. The Labute approximate surface area is 98.7 Å². The zero-order chi connectivity index (χ0) is 12.0. The number of halogens is 1. The smallest absolute Gasteiger partial charge is 0.332 e. The maximum absolute atomic E-state index is 10.4. The van der Waals surface area contributed by atoms with Crippen LogP contribution in [-0.4, -0.2) is 30.4 Å². The van der Waals surface area contributed by atoms with Gasteiger partial charge in [0.1, 0.15) is 12.4 Å². The largest absolute Gasteiger partial charge is 0.491 e. The number of carboxylic acids is 1. The van der Waals surface area contributed by atoms with E-state index in [4.69, 9.17) is 26.2 Å². The third kappa shape index (κ3) is 4.51. The van der Waals surface area contributed by atoms with E-state index >= 15 is 0 Å². The van der Waals surface area contributed by atoms with Crippen LogP contribution in [0.25, 0.3) is 0 Å². The Morgan fingerprint density at radius 1 is 1.50 bits per heavy atom. The number of hydrogen-bond donors (Lipinski definition) is 1. The van der Waals surface area contributed by atoms with Crippen LogP contribution >= 0.6 is 11.6 Å². The second-order valence-electron chi connectivity index (χ2n) is 3.16. The van der Waals surface area contributed by atoms with Gasteiger partial charge < -0.3 is 14.6 Å². The quantitative estimate of drug-likeness (QED) is 0.780. The molecule has 0 amide bonds. The summed E-state index contributed by atoms with van der Waals surface area (Å²) in [7, 11) is 0. The van der Waals surface area contributed by atoms with Crippen molar-refractivity contribution in [3.8, 4) is 5.75 Å². The molecule has 16 heavy (non-hydrogen) atoms. The maximum atomic E-state index is 10.4. The molecule has 1 N–H and O–H groups in total. The van der Waals surface area contributed by atoms with Gasteiger partial charge in [-0.05, 0) is 25.1 Å². The highest BCUT2D eigenvalue weighted by molar-refractivity contribution is 6.30. The highest BCUT2D eigenvalue weighted by atomic mass is 35.5. The van der Waals surface area contributed by atoms with Crippen molar-refractivity contribution >= 4 is 17.6 Å². The molecule has 0 spiro atoms. The minimum Gasteiger partial charge on any atom is -0.491 e. The fourth-order valence-corrected chi connectivity index (χ4v) is 1.19. The van der Waals surface area contributed by atoms with Crippen molar-refractivity contribution in [1.82, 2.24) is 0 Å². The summed E-state index contributed by atoms with van der Waals surface area (Å²) in [5.74, 6) is -0.346. The first-order valence-electron chi connectivity index (χ1n) is 4.82. The Hall–Kier alpha value is -1.26. The molecule has 1 unspecified atom stereocenters. The fourth-order valence-electron chi connectivity index (χ4n) is 1.01. The van der Waals surface area contributed by atoms with Gasteiger partial charge in [0.05, 0.1) is 6.61 Å². The van der Waals surface area contributed by atoms with Crippen LogP contribution in [0.2, 0.25) is 5.02 Å². The van der Waals surface area contributed by atoms with E-state index in [0.29, 0.717) is 10.8 Å². The molecule has 0 aliphatic heterocycles. The topological polar surface area (TPSA) is 55.8 Å². The molecule has 0 bridgehead atoms. The van der Waals surface area contributed by atoms with Crippen LogP contribution in [0, 0.1) is 0 Å². The number of hydrogen-bond acceptors (Lipinski definition) is 3. The van der Waals surface area contributed by atoms with Gasteiger partial charge in [-0.3, -0.25) is 0 Å². The molecule has 0 aromatic heterocycles. The molecule has 0 saturated heterocycles. The van der Waals surface area contributed by atoms with Crippen molar-refractivity contribution in [1.29, 1.82) is 0 Å². The second-order valence-corrected chi connectivity index (χ2v) is 3.59. The first kappa shape index (κ1) is 12.8. The van der Waals surface area contributed by atoms with Crippen LogP contribution in [-0.2, 0) is 9.53 Å². The third-order valence-corrected chi connectivity index (χ3v) is 2.10. The zero-order valence-electron chi connectivity index (χ0n) is 8.85. The average Bonchev–Trinajstić information content (AvgIpc) is 2.24. The van der Waals surface area contributed by atoms with Gasteiger partial charge in [-0.2, -0.15) is 0 Å². The van der Waals surface area contributed by atoms with Crippen LogP contribution in [0.4, 0.5) is 0 Å². The molecule has 1 aromatic carbocycles. The highest BCUT2D eigenvalue weighted by Crippen LogP contribution is 2.16. The van der Waals surface area contributed by atoms with Gasteiger partial charge in [0, 0.05) is 5.02 Å². The van der Waals surface area contributed by atoms with E-state index < -0.39 is 12.1 Å². The molecule has 1 aromatic rings. The number of benzene rings is 1. The summed E-state index contributed by atoms with van der Waals surface area (Å²) in [5.41, 5.74) is 0. The van der Waals surface area contributed by atoms with Gasteiger partial charge >= 0.3 is 5.97 Å². The van der Waals surface area contributed by atoms with Gasteiger partial charge in [0.15, 0.2) is 6.10 Å². The van der Waals surface area contributed by atoms with E-state index in [2.05, 4.69) is 0 Å². The highest BCUT2D eigenvalue weighted by Gasteiger charge is 2.10. The van der Waals surface area contributed by atoms with Crippen LogP contribution in [0.15, 0.2) is 24.3 Å². The first-order chi connectivity index (χ1) is 7.59. The minimum absolute atomic E-state index is 0.222. The molecular formula is C11H13ClO4. The van der Waals surface area contributed by atoms with Gasteiger partial charge in [-0.1, -0.05) is 17.7 Å². The van der Waals surface area contributed by atoms with Crippen molar-refractivity contribution in [2.75, 3.05) is 13.2 Å². The number of aliphatic carboxylic acids is 1. The lowest BCUT2D eigenvalue weighted by Crippen LogP contribution is -2.22. The summed E-state index contributed by atoms with van der Waals surface area (Å²) in [6.07, 6.45) is -0.817. The van der Waals surface area contributed by atoms with Gasteiger partial charge in [0.2, 0.25) is 0 Å². The van der Waals surface area contributed by atoms with E-state index in [1.165, 1.54) is 6.92 Å². The lowest BCUT2D eigenvalue weighted by Gasteiger charge is -2.09. The SMILES string of the molecule is CC(OCCOc1cccc(Cl)c1)C(=O)O. The number of carboxylic acid groups (broad SMARTS) is 1. The van der Waals surface area contributed by atoms with Crippen molar-refractivity contribution in [2.24, 2.45) is 0 Å². The number of rotatable bonds is 6. The predicted octanol–water partition coefficient (Wildman–Crippen LogP) is 2.21. The average molecular weight is 245 g/mol. The second kappa shape index (κ2) is 6.35. The standard InChI is InChI=1S/C11H13ClO4/c1-8(11(13)14)15-5-6-16-10-4-2-3-9(12)7-10/h2-4,7-8H,5-6H2,1H3,(H,13,14). The van der Waals surface area contributed by atoms with E-state index in [1.807, 2.05) is 0 Å². The van der Waals surface area contributed by atoms with Crippen molar-refractivity contribution in [2.45, 2.75) is 13.0 Å². The summed E-state index contributed by atoms with van der Waals surface area (Å²) in [6.45, 7) is 1.99. The molecule has 1 rings (SSSR count). The van der Waals surface area contributed by atoms with Crippen molar-refractivity contribution in [3.63, 3.8) is 0 Å². The Kier molecular flexibility index (Phi) is 5.08. The van der Waals surface area contributed by atoms with Crippen LogP contribution in [0.1, 0.15) is 6.92 Å². The van der Waals surface area contributed by atoms with Crippen LogP contribution in [0.5, 0.6) is 5.75 Å². The Morgan fingerprint density at radius 3 is 2.88 bits per heavy atom. The van der Waals surface area contributed by atoms with Crippen molar-refractivity contribution in [3.05, 3.63) is 29.3 Å². The third-order valence-electron chi connectivity index (χ3n) is 1.86. The molecule has 0 aliphatic carbocycles. The van der Waals surface area contributed by atoms with Crippen LogP contribution in [0.3, 0.4) is 0 Å². The van der Waals surface area contributed by atoms with E-state index in [-0.39, 0.29) is 13.2 Å². The molecule has 0 fully saturated rings. The molecule has 88 valence electrons. The summed E-state index contributed by atoms with van der Waals surface area (Å²) in [6, 6.07) is 6.98. The van der Waals surface area contributed by atoms with Crippen molar-refractivity contribution < 1.29 is 19.4 Å². The summed E-state index contributed by atoms with van der Waals surface area (Å²) in [5, 5.41) is 9.15. The monoisotopic (exact) mass is 244 g/mol. The summed E-state index contributed by atoms with van der Waals surface area (Å²) < 4.78 is 10.3. The number of ether oxygens (including phenoxy) is 2. The molecule has 0 aliphatic rings. The van der Waals surface area contributed by atoms with Gasteiger partial charge in [-0.15, -0.1) is 0 Å². The van der Waals surface area contributed by atoms with Gasteiger partial charge in [-0.25, -0.2) is 4.79 Å². The summed E-state index contributed by atoms with van der Waals surface area (Å²) in [4.78, 5) is 10.4. The van der Waals surface area contributed by atoms with Crippen LogP contribution < -0.4 is 4.74 Å². The first-order valence-corrected chi connectivity index (χ1v) is 5.20. The van der Waals surface area contributed by atoms with Gasteiger partial charge in [0.25, 0.3) is 0 Å². The summed E-state index contributed by atoms with van der Waals surface area (Å²) >= 11 is 5.76. The molecule has 0 saturated carbocycles. The molecule has 1 atom stereocenters. The Bertz CT molecular complexity index is 354. The fraction of sp³-hybridized carbons (Fsp3) is 0.364. The lowest BCUT2D eigenvalue weighted by atomic mass is 10.3. The lowest BCUT2D eigenvalue weighted by molar-refractivity contribution is -0.149. The minimum atomic E-state index is -0.984. The number of carbonyl (C=O) groups is 1. The molecular weight excluding hydrogens is 232 g/mol. The Morgan fingerprint density at radius 2 is 2.25 bits per heavy atom. The zero-order valence-corrected chi connectivity index (χ0v) is 9.61. The maximum Gasteiger partial charge on any atom is 0.332 e. The predicted molar refractivity (Wildman–Crippen MR) is 60.0 cm³/mol. The van der Waals surface area contributed by atoms with E-state index in [9.17, 15) is 4.79 Å². The van der Waals surface area contributed by atoms with E-state index in [1.54, 1.807) is 24.3 Å². The van der Waals surface area contributed by atoms with E-state index in [0.717, 1.165) is 0 Å².